The number of rotatable bonds is 7. The van der Waals surface area contributed by atoms with Crippen molar-refractivity contribution in [3.8, 4) is 5.75 Å². The molecule has 1 aromatic rings. The van der Waals surface area contributed by atoms with Gasteiger partial charge in [-0.15, -0.1) is 0 Å². The second-order valence-corrected chi connectivity index (χ2v) is 5.30. The number of nitrogens with one attached hydrogen (secondary N) is 1. The Labute approximate surface area is 129 Å². The van der Waals surface area contributed by atoms with E-state index in [1.54, 1.807) is 7.11 Å². The van der Waals surface area contributed by atoms with Gasteiger partial charge in [-0.2, -0.15) is 0 Å². The molecule has 0 spiro atoms. The maximum absolute atomic E-state index is 5.36. The molecule has 0 unspecified atom stereocenters. The van der Waals surface area contributed by atoms with Crippen LogP contribution in [0.1, 0.15) is 30.9 Å². The largest absolute Gasteiger partial charge is 0.496 e. The quantitative estimate of drug-likeness (QED) is 0.620. The molecule has 0 amide bonds. The third kappa shape index (κ3) is 5.66. The summed E-state index contributed by atoms with van der Waals surface area (Å²) in [5, 5.41) is 3.41. The fourth-order valence-corrected chi connectivity index (χ4v) is 2.22. The van der Waals surface area contributed by atoms with Crippen molar-refractivity contribution in [3.63, 3.8) is 0 Å². The van der Waals surface area contributed by atoms with Crippen molar-refractivity contribution >= 4 is 5.96 Å². The van der Waals surface area contributed by atoms with Crippen molar-refractivity contribution < 1.29 is 4.74 Å². The fraction of sp³-hybridized carbons (Fsp3) is 0.588. The molecule has 0 saturated heterocycles. The van der Waals surface area contributed by atoms with Crippen LogP contribution >= 0.6 is 0 Å². The molecule has 1 N–H and O–H groups in total. The van der Waals surface area contributed by atoms with Gasteiger partial charge in [0.2, 0.25) is 0 Å². The number of nitrogens with zero attached hydrogens (tertiary/aromatic N) is 2. The number of hydrogen-bond donors (Lipinski definition) is 1. The molecule has 0 aliphatic rings. The van der Waals surface area contributed by atoms with Gasteiger partial charge >= 0.3 is 0 Å². The van der Waals surface area contributed by atoms with E-state index in [9.17, 15) is 0 Å². The first-order chi connectivity index (χ1) is 10.1. The van der Waals surface area contributed by atoms with E-state index in [1.807, 2.05) is 7.05 Å². The predicted octanol–water partition coefficient (Wildman–Crippen LogP) is 2.85. The Morgan fingerprint density at radius 2 is 2.14 bits per heavy atom. The minimum Gasteiger partial charge on any atom is -0.496 e. The monoisotopic (exact) mass is 291 g/mol. The Balaban J connectivity index is 2.48. The lowest BCUT2D eigenvalue weighted by molar-refractivity contribution is 0.411. The fourth-order valence-electron chi connectivity index (χ4n) is 2.22. The molecule has 1 aromatic carbocycles. The Morgan fingerprint density at radius 3 is 2.76 bits per heavy atom. The predicted molar refractivity (Wildman–Crippen MR) is 90.3 cm³/mol. The van der Waals surface area contributed by atoms with Crippen LogP contribution in [0.2, 0.25) is 0 Å². The molecule has 0 saturated carbocycles. The van der Waals surface area contributed by atoms with E-state index >= 15 is 0 Å². The Bertz CT molecular complexity index is 457. The van der Waals surface area contributed by atoms with Crippen LogP contribution in [0.25, 0.3) is 0 Å². The minimum absolute atomic E-state index is 0.870. The molecule has 118 valence electrons. The van der Waals surface area contributed by atoms with Crippen molar-refractivity contribution in [3.05, 3.63) is 29.3 Å². The van der Waals surface area contributed by atoms with E-state index in [4.69, 9.17) is 4.74 Å². The Hall–Kier alpha value is -1.71. The number of ether oxygens (including phenoxy) is 1. The first-order valence-corrected chi connectivity index (χ1v) is 7.67. The van der Waals surface area contributed by atoms with E-state index in [2.05, 4.69) is 54.3 Å². The van der Waals surface area contributed by atoms with Crippen LogP contribution in [-0.4, -0.2) is 45.2 Å². The average molecular weight is 291 g/mol. The second-order valence-electron chi connectivity index (χ2n) is 5.30. The lowest BCUT2D eigenvalue weighted by Gasteiger charge is -2.21. The van der Waals surface area contributed by atoms with Crippen LogP contribution < -0.4 is 10.1 Å². The smallest absolute Gasteiger partial charge is 0.193 e. The van der Waals surface area contributed by atoms with Crippen molar-refractivity contribution in [1.29, 1.82) is 0 Å². The molecule has 0 aliphatic heterocycles. The van der Waals surface area contributed by atoms with Crippen LogP contribution in [0.15, 0.2) is 23.2 Å². The molecule has 21 heavy (non-hydrogen) atoms. The number of unbranched alkanes of at least 4 members (excludes halogenated alkanes) is 1. The summed E-state index contributed by atoms with van der Waals surface area (Å²) in [4.78, 5) is 6.51. The van der Waals surface area contributed by atoms with Gasteiger partial charge in [0.05, 0.1) is 7.11 Å². The first kappa shape index (κ1) is 17.3. The highest BCUT2D eigenvalue weighted by Gasteiger charge is 2.05. The summed E-state index contributed by atoms with van der Waals surface area (Å²) in [6.07, 6.45) is 3.34. The van der Waals surface area contributed by atoms with E-state index in [0.717, 1.165) is 31.2 Å². The summed E-state index contributed by atoms with van der Waals surface area (Å²) in [7, 11) is 5.63. The van der Waals surface area contributed by atoms with Gasteiger partial charge in [0.25, 0.3) is 0 Å². The number of aliphatic imine (C=N–C) groups is 1. The molecule has 0 heterocycles. The normalized spacial score (nSPS) is 11.4. The van der Waals surface area contributed by atoms with E-state index in [1.165, 1.54) is 24.0 Å². The summed E-state index contributed by atoms with van der Waals surface area (Å²) < 4.78 is 5.36. The summed E-state index contributed by atoms with van der Waals surface area (Å²) in [5.41, 5.74) is 2.45. The summed E-state index contributed by atoms with van der Waals surface area (Å²) in [6.45, 7) is 6.17. The first-order valence-electron chi connectivity index (χ1n) is 7.67. The summed E-state index contributed by atoms with van der Waals surface area (Å²) in [5.74, 6) is 1.92. The third-order valence-corrected chi connectivity index (χ3v) is 3.59. The highest BCUT2D eigenvalue weighted by Crippen LogP contribution is 2.18. The number of benzene rings is 1. The van der Waals surface area contributed by atoms with Crippen LogP contribution in [0.5, 0.6) is 5.75 Å². The maximum Gasteiger partial charge on any atom is 0.193 e. The zero-order valence-electron chi connectivity index (χ0n) is 14.1. The number of hydrogen-bond acceptors (Lipinski definition) is 2. The lowest BCUT2D eigenvalue weighted by atomic mass is 10.1. The van der Waals surface area contributed by atoms with Gasteiger partial charge < -0.3 is 15.0 Å². The number of methoxy groups -OCH3 is 1. The average Bonchev–Trinajstić information content (AvgIpc) is 2.50. The topological polar surface area (TPSA) is 36.9 Å². The minimum atomic E-state index is 0.870. The third-order valence-electron chi connectivity index (χ3n) is 3.59. The maximum atomic E-state index is 5.36. The second kappa shape index (κ2) is 9.27. The standard InChI is InChI=1S/C17H29N3O/c1-6-7-12-20(4)17(18-3)19-11-10-15-9-8-14(2)16(13-15)21-5/h8-9,13H,6-7,10-12H2,1-5H3,(H,18,19). The molecule has 4 heteroatoms. The number of aryl methyl sites for hydroxylation is 1. The summed E-state index contributed by atoms with van der Waals surface area (Å²) >= 11 is 0. The van der Waals surface area contributed by atoms with Gasteiger partial charge in [0.1, 0.15) is 5.75 Å². The lowest BCUT2D eigenvalue weighted by Crippen LogP contribution is -2.40. The van der Waals surface area contributed by atoms with Gasteiger partial charge in [0.15, 0.2) is 5.96 Å². The Kier molecular flexibility index (Phi) is 7.65. The molecular formula is C17H29N3O. The molecule has 0 aromatic heterocycles. The molecule has 4 nitrogen and oxygen atoms in total. The molecule has 0 fully saturated rings. The van der Waals surface area contributed by atoms with Crippen LogP contribution in [0.3, 0.4) is 0 Å². The highest BCUT2D eigenvalue weighted by molar-refractivity contribution is 5.79. The Morgan fingerprint density at radius 1 is 1.38 bits per heavy atom. The van der Waals surface area contributed by atoms with E-state index in [0.29, 0.717) is 0 Å². The van der Waals surface area contributed by atoms with Gasteiger partial charge in [-0.3, -0.25) is 4.99 Å². The molecule has 0 aliphatic carbocycles. The SMILES string of the molecule is CCCCN(C)C(=NC)NCCc1ccc(C)c(OC)c1. The van der Waals surface area contributed by atoms with Crippen molar-refractivity contribution in [2.24, 2.45) is 4.99 Å². The zero-order chi connectivity index (χ0) is 15.7. The van der Waals surface area contributed by atoms with Gasteiger partial charge in [-0.1, -0.05) is 25.5 Å². The van der Waals surface area contributed by atoms with Crippen LogP contribution in [0, 0.1) is 6.92 Å². The van der Waals surface area contributed by atoms with E-state index in [-0.39, 0.29) is 0 Å². The van der Waals surface area contributed by atoms with Gasteiger partial charge in [0, 0.05) is 27.2 Å². The molecule has 0 bridgehead atoms. The van der Waals surface area contributed by atoms with E-state index < -0.39 is 0 Å². The zero-order valence-corrected chi connectivity index (χ0v) is 14.1. The van der Waals surface area contributed by atoms with Crippen molar-refractivity contribution in [1.82, 2.24) is 10.2 Å². The van der Waals surface area contributed by atoms with Crippen molar-refractivity contribution in [2.75, 3.05) is 34.3 Å². The van der Waals surface area contributed by atoms with Crippen molar-refractivity contribution in [2.45, 2.75) is 33.1 Å². The van der Waals surface area contributed by atoms with Crippen LogP contribution in [0.4, 0.5) is 0 Å². The van der Waals surface area contributed by atoms with Gasteiger partial charge in [-0.05, 0) is 37.0 Å². The van der Waals surface area contributed by atoms with Gasteiger partial charge in [-0.25, -0.2) is 0 Å². The molecule has 0 atom stereocenters. The number of guanidine groups is 1. The molecule has 1 rings (SSSR count). The highest BCUT2D eigenvalue weighted by atomic mass is 16.5. The molecular weight excluding hydrogens is 262 g/mol. The van der Waals surface area contributed by atoms with Crippen LogP contribution in [-0.2, 0) is 6.42 Å². The molecule has 0 radical (unpaired) electrons. The summed E-state index contributed by atoms with van der Waals surface area (Å²) in [6, 6.07) is 6.38.